The summed E-state index contributed by atoms with van der Waals surface area (Å²) in [5, 5.41) is 22.1. The van der Waals surface area contributed by atoms with Crippen LogP contribution in [-0.4, -0.2) is 27.1 Å². The number of methoxy groups -OCH3 is 1. The molecule has 2 aromatic carbocycles. The molecule has 1 N–H and O–H groups in total. The Morgan fingerprint density at radius 1 is 1.23 bits per heavy atom. The second kappa shape index (κ2) is 7.68. The van der Waals surface area contributed by atoms with Gasteiger partial charge in [-0.15, -0.1) is 0 Å². The summed E-state index contributed by atoms with van der Waals surface area (Å²) in [4.78, 5) is 12.1. The first-order chi connectivity index (χ1) is 14.5. The second-order valence-electron chi connectivity index (χ2n) is 6.84. The van der Waals surface area contributed by atoms with E-state index in [9.17, 15) is 10.1 Å². The third-order valence-electron chi connectivity index (χ3n) is 5.07. The highest BCUT2D eigenvalue weighted by Gasteiger charge is 2.14. The van der Waals surface area contributed by atoms with Crippen molar-refractivity contribution in [3.05, 3.63) is 76.0 Å². The van der Waals surface area contributed by atoms with Crippen molar-refractivity contribution in [2.75, 3.05) is 7.11 Å². The minimum Gasteiger partial charge on any atom is -0.496 e. The summed E-state index contributed by atoms with van der Waals surface area (Å²) in [5.74, 6) is 0.626. The second-order valence-corrected chi connectivity index (χ2v) is 6.84. The first kappa shape index (κ1) is 19.2. The number of ether oxygens (including phenoxy) is 1. The number of hydrogen-bond donors (Lipinski definition) is 1. The fraction of sp³-hybridized carbons (Fsp3) is 0.130. The molecule has 0 radical (unpaired) electrons. The Morgan fingerprint density at radius 2 is 2.03 bits per heavy atom. The highest BCUT2D eigenvalue weighted by molar-refractivity contribution is 5.95. The van der Waals surface area contributed by atoms with E-state index in [4.69, 9.17) is 4.74 Å². The molecule has 0 aliphatic heterocycles. The number of aromatic nitrogens is 4. The number of nitriles is 1. The maximum absolute atomic E-state index is 12.1. The normalized spacial score (nSPS) is 11.5. The zero-order valence-electron chi connectivity index (χ0n) is 16.8. The third-order valence-corrected chi connectivity index (χ3v) is 5.07. The van der Waals surface area contributed by atoms with Crippen LogP contribution >= 0.6 is 0 Å². The Morgan fingerprint density at radius 3 is 2.80 bits per heavy atom. The fourth-order valence-corrected chi connectivity index (χ4v) is 3.48. The number of benzene rings is 2. The zero-order chi connectivity index (χ0) is 21.3. The minimum atomic E-state index is -0.226. The molecule has 0 amide bonds. The van der Waals surface area contributed by atoms with Gasteiger partial charge in [0, 0.05) is 23.6 Å². The molecule has 148 valence electrons. The Labute approximate surface area is 172 Å². The lowest BCUT2D eigenvalue weighted by Crippen LogP contribution is -2.09. The number of para-hydroxylation sites is 1. The summed E-state index contributed by atoms with van der Waals surface area (Å²) in [6.07, 6.45) is 3.55. The molecule has 0 aliphatic carbocycles. The van der Waals surface area contributed by atoms with Gasteiger partial charge in [-0.3, -0.25) is 9.48 Å². The minimum absolute atomic E-state index is 0.226. The van der Waals surface area contributed by atoms with Gasteiger partial charge in [-0.25, -0.2) is 5.10 Å². The molecule has 7 nitrogen and oxygen atoms in total. The van der Waals surface area contributed by atoms with Crippen molar-refractivity contribution in [1.29, 1.82) is 5.26 Å². The van der Waals surface area contributed by atoms with Crippen molar-refractivity contribution in [3.8, 4) is 22.9 Å². The van der Waals surface area contributed by atoms with Gasteiger partial charge < -0.3 is 4.74 Å². The van der Waals surface area contributed by atoms with E-state index in [1.807, 2.05) is 50.4 Å². The quantitative estimate of drug-likeness (QED) is 0.530. The molecule has 0 saturated heterocycles. The van der Waals surface area contributed by atoms with Crippen LogP contribution in [0.25, 0.3) is 33.5 Å². The molecule has 0 atom stereocenters. The Balaban J connectivity index is 1.89. The summed E-state index contributed by atoms with van der Waals surface area (Å²) in [6.45, 7) is 1.85. The van der Waals surface area contributed by atoms with Crippen molar-refractivity contribution in [3.63, 3.8) is 0 Å². The lowest BCUT2D eigenvalue weighted by Gasteiger charge is -2.09. The number of rotatable bonds is 4. The van der Waals surface area contributed by atoms with E-state index in [-0.39, 0.29) is 5.56 Å². The van der Waals surface area contributed by atoms with Gasteiger partial charge in [0.1, 0.15) is 5.75 Å². The largest absolute Gasteiger partial charge is 0.496 e. The number of aryl methyl sites for hydroxylation is 2. The van der Waals surface area contributed by atoms with Gasteiger partial charge in [-0.2, -0.15) is 15.5 Å². The number of nitrogens with one attached hydrogen (secondary N) is 1. The van der Waals surface area contributed by atoms with E-state index in [0.29, 0.717) is 22.3 Å². The zero-order valence-corrected chi connectivity index (χ0v) is 16.8. The van der Waals surface area contributed by atoms with Gasteiger partial charge in [0.25, 0.3) is 5.56 Å². The summed E-state index contributed by atoms with van der Waals surface area (Å²) in [6, 6.07) is 15.2. The van der Waals surface area contributed by atoms with E-state index in [1.54, 1.807) is 30.1 Å². The molecule has 0 spiro atoms. The van der Waals surface area contributed by atoms with Crippen molar-refractivity contribution in [1.82, 2.24) is 20.0 Å². The van der Waals surface area contributed by atoms with Crippen LogP contribution in [0.15, 0.2) is 53.5 Å². The molecule has 7 heteroatoms. The monoisotopic (exact) mass is 397 g/mol. The molecule has 4 aromatic rings. The molecule has 0 fully saturated rings. The summed E-state index contributed by atoms with van der Waals surface area (Å²) >= 11 is 0. The van der Waals surface area contributed by atoms with Crippen molar-refractivity contribution in [2.24, 2.45) is 7.05 Å². The average Bonchev–Trinajstić information content (AvgIpc) is 3.14. The van der Waals surface area contributed by atoms with Gasteiger partial charge in [0.05, 0.1) is 41.7 Å². The highest BCUT2D eigenvalue weighted by Crippen LogP contribution is 2.31. The predicted octanol–water partition coefficient (Wildman–Crippen LogP) is 3.70. The van der Waals surface area contributed by atoms with Crippen LogP contribution in [0.4, 0.5) is 0 Å². The molecular formula is C23H19N5O2. The van der Waals surface area contributed by atoms with Crippen molar-refractivity contribution in [2.45, 2.75) is 6.92 Å². The summed E-state index contributed by atoms with van der Waals surface area (Å²) < 4.78 is 7.13. The first-order valence-corrected chi connectivity index (χ1v) is 9.30. The molecule has 0 aliphatic rings. The van der Waals surface area contributed by atoms with Gasteiger partial charge in [0.2, 0.25) is 0 Å². The van der Waals surface area contributed by atoms with Crippen LogP contribution in [0, 0.1) is 18.3 Å². The van der Waals surface area contributed by atoms with Crippen LogP contribution in [0.5, 0.6) is 5.75 Å². The number of allylic oxidation sites excluding steroid dienone is 1. The number of hydrogen-bond acceptors (Lipinski definition) is 5. The van der Waals surface area contributed by atoms with E-state index in [1.165, 1.54) is 0 Å². The predicted molar refractivity (Wildman–Crippen MR) is 116 cm³/mol. The molecule has 0 bridgehead atoms. The first-order valence-electron chi connectivity index (χ1n) is 9.30. The lowest BCUT2D eigenvalue weighted by molar-refractivity contribution is 0.413. The fourth-order valence-electron chi connectivity index (χ4n) is 3.48. The van der Waals surface area contributed by atoms with Crippen LogP contribution in [0.2, 0.25) is 0 Å². The molecule has 0 saturated carbocycles. The molecule has 4 rings (SSSR count). The lowest BCUT2D eigenvalue weighted by atomic mass is 9.99. The molecular weight excluding hydrogens is 378 g/mol. The van der Waals surface area contributed by atoms with Crippen molar-refractivity contribution >= 4 is 22.4 Å². The van der Waals surface area contributed by atoms with E-state index >= 15 is 0 Å². The smallest absolute Gasteiger partial charge is 0.272 e. The van der Waals surface area contributed by atoms with E-state index in [2.05, 4.69) is 21.4 Å². The molecule has 2 aromatic heterocycles. The van der Waals surface area contributed by atoms with Crippen LogP contribution in [0.3, 0.4) is 0 Å². The number of fused-ring (bicyclic) bond motifs is 1. The van der Waals surface area contributed by atoms with Crippen LogP contribution < -0.4 is 10.3 Å². The third kappa shape index (κ3) is 3.25. The molecule has 0 unspecified atom stereocenters. The number of nitrogens with zero attached hydrogens (tertiary/aromatic N) is 4. The Kier molecular flexibility index (Phi) is 4.90. The summed E-state index contributed by atoms with van der Waals surface area (Å²) in [7, 11) is 3.40. The average molecular weight is 397 g/mol. The SMILES string of the molecule is COc1ccccc1C(C#N)=Cc1c(-c2ccc3c(=O)[nH]nc(C)c3c2)cnn1C. The van der Waals surface area contributed by atoms with E-state index < -0.39 is 0 Å². The van der Waals surface area contributed by atoms with Gasteiger partial charge in [-0.1, -0.05) is 18.2 Å². The van der Waals surface area contributed by atoms with Crippen LogP contribution in [-0.2, 0) is 7.05 Å². The van der Waals surface area contributed by atoms with Gasteiger partial charge in [0.15, 0.2) is 0 Å². The number of H-pyrrole nitrogens is 1. The molecule has 2 heterocycles. The maximum atomic E-state index is 12.1. The Bertz CT molecular complexity index is 1390. The van der Waals surface area contributed by atoms with Gasteiger partial charge >= 0.3 is 0 Å². The molecule has 30 heavy (non-hydrogen) atoms. The standard InChI is InChI=1S/C23H19N5O2/c1-14-19-10-15(8-9-18(19)23(29)27-26-14)20-13-25-28(2)21(20)11-16(12-24)17-6-4-5-7-22(17)30-3/h4-11,13H,1-3H3,(H,27,29). The van der Waals surface area contributed by atoms with Crippen LogP contribution in [0.1, 0.15) is 17.0 Å². The maximum Gasteiger partial charge on any atom is 0.272 e. The Hall–Kier alpha value is -4.18. The number of aromatic amines is 1. The van der Waals surface area contributed by atoms with Gasteiger partial charge in [-0.05, 0) is 42.8 Å². The summed E-state index contributed by atoms with van der Waals surface area (Å²) in [5.41, 5.74) is 4.19. The van der Waals surface area contributed by atoms with Crippen molar-refractivity contribution < 1.29 is 4.74 Å². The topological polar surface area (TPSA) is 96.6 Å². The van der Waals surface area contributed by atoms with E-state index in [0.717, 1.165) is 27.9 Å². The highest BCUT2D eigenvalue weighted by atomic mass is 16.5.